The highest BCUT2D eigenvalue weighted by Crippen LogP contribution is 2.32. The number of aliphatic hydroxyl groups excluding tert-OH is 1. The summed E-state index contributed by atoms with van der Waals surface area (Å²) < 4.78 is 0. The molecule has 4 rings (SSSR count). The van der Waals surface area contributed by atoms with Crippen molar-refractivity contribution in [3.63, 3.8) is 0 Å². The van der Waals surface area contributed by atoms with Crippen molar-refractivity contribution < 1.29 is 14.7 Å². The van der Waals surface area contributed by atoms with Gasteiger partial charge in [-0.1, -0.05) is 45.7 Å². The van der Waals surface area contributed by atoms with E-state index in [1.807, 2.05) is 6.07 Å². The van der Waals surface area contributed by atoms with Crippen molar-refractivity contribution in [2.45, 2.75) is 90.6 Å². The van der Waals surface area contributed by atoms with Gasteiger partial charge in [0.15, 0.2) is 0 Å². The van der Waals surface area contributed by atoms with Crippen molar-refractivity contribution in [2.75, 3.05) is 6.54 Å². The second kappa shape index (κ2) is 8.91. The number of carbonyl (C=O) groups is 2. The summed E-state index contributed by atoms with van der Waals surface area (Å²) in [6.07, 6.45) is 5.97. The zero-order valence-corrected chi connectivity index (χ0v) is 19.1. The standard InChI is InChI=1S/C25H37N3O3/c1-25(2,3)15-26-20-7-5-4-6-17(20)12-16-8-9-19-18(13-16)14-28(24(19)31)21-10-11-22(29)27-23(21)30/h8-9,13,17,20-21,23,26,30H,4-7,10-12,14-15H2,1-3H3,(H,27,29)/t17-,20+,21?,23?/m1/s1. The Hall–Kier alpha value is -1.92. The lowest BCUT2D eigenvalue weighted by molar-refractivity contribution is -0.129. The molecule has 2 heterocycles. The molecular weight excluding hydrogens is 390 g/mol. The number of carbonyl (C=O) groups excluding carboxylic acids is 2. The number of rotatable bonds is 5. The fourth-order valence-corrected chi connectivity index (χ4v) is 5.35. The molecular formula is C25H37N3O3. The lowest BCUT2D eigenvalue weighted by atomic mass is 9.80. The Morgan fingerprint density at radius 1 is 1.16 bits per heavy atom. The van der Waals surface area contributed by atoms with Gasteiger partial charge in [0, 0.05) is 31.1 Å². The first-order valence-electron chi connectivity index (χ1n) is 11.8. The van der Waals surface area contributed by atoms with Gasteiger partial charge in [-0.25, -0.2) is 0 Å². The highest BCUT2D eigenvalue weighted by Gasteiger charge is 2.39. The molecule has 1 aromatic carbocycles. The average Bonchev–Trinajstić information content (AvgIpc) is 3.02. The summed E-state index contributed by atoms with van der Waals surface area (Å²) in [6, 6.07) is 6.46. The molecule has 2 aliphatic heterocycles. The molecule has 2 unspecified atom stereocenters. The van der Waals surface area contributed by atoms with E-state index in [1.165, 1.54) is 31.2 Å². The molecule has 31 heavy (non-hydrogen) atoms. The maximum Gasteiger partial charge on any atom is 0.254 e. The van der Waals surface area contributed by atoms with E-state index >= 15 is 0 Å². The summed E-state index contributed by atoms with van der Waals surface area (Å²) in [5.41, 5.74) is 3.35. The second-order valence-electron chi connectivity index (χ2n) is 10.8. The van der Waals surface area contributed by atoms with E-state index in [-0.39, 0.29) is 23.3 Å². The lowest BCUT2D eigenvalue weighted by Crippen LogP contribution is -2.55. The van der Waals surface area contributed by atoms with Crippen molar-refractivity contribution in [2.24, 2.45) is 11.3 Å². The molecule has 1 aliphatic carbocycles. The number of hydrogen-bond acceptors (Lipinski definition) is 4. The van der Waals surface area contributed by atoms with E-state index in [4.69, 9.17) is 0 Å². The van der Waals surface area contributed by atoms with E-state index < -0.39 is 6.23 Å². The van der Waals surface area contributed by atoms with Crippen LogP contribution in [0.2, 0.25) is 0 Å². The summed E-state index contributed by atoms with van der Waals surface area (Å²) in [6.45, 7) is 8.36. The largest absolute Gasteiger partial charge is 0.372 e. The normalized spacial score (nSPS) is 29.1. The highest BCUT2D eigenvalue weighted by molar-refractivity contribution is 5.98. The topological polar surface area (TPSA) is 81.7 Å². The number of hydrogen-bond donors (Lipinski definition) is 3. The number of piperidine rings is 1. The Balaban J connectivity index is 1.43. The lowest BCUT2D eigenvalue weighted by Gasteiger charge is -2.35. The summed E-state index contributed by atoms with van der Waals surface area (Å²) in [5.74, 6) is 0.430. The number of aliphatic hydroxyl groups is 1. The van der Waals surface area contributed by atoms with Crippen LogP contribution in [-0.4, -0.2) is 46.7 Å². The van der Waals surface area contributed by atoms with Crippen LogP contribution in [0.1, 0.15) is 80.8 Å². The van der Waals surface area contributed by atoms with Crippen molar-refractivity contribution in [3.05, 3.63) is 34.9 Å². The second-order valence-corrected chi connectivity index (χ2v) is 10.8. The van der Waals surface area contributed by atoms with E-state index in [0.717, 1.165) is 24.1 Å². The molecule has 0 spiro atoms. The third-order valence-corrected chi connectivity index (χ3v) is 7.04. The van der Waals surface area contributed by atoms with Gasteiger partial charge in [-0.3, -0.25) is 9.59 Å². The Labute approximate surface area is 185 Å². The first-order valence-corrected chi connectivity index (χ1v) is 11.8. The number of nitrogens with one attached hydrogen (secondary N) is 2. The number of nitrogens with zero attached hydrogens (tertiary/aromatic N) is 1. The minimum Gasteiger partial charge on any atom is -0.372 e. The van der Waals surface area contributed by atoms with Crippen LogP contribution < -0.4 is 10.6 Å². The predicted octanol–water partition coefficient (Wildman–Crippen LogP) is 2.98. The zero-order chi connectivity index (χ0) is 22.2. The van der Waals surface area contributed by atoms with Crippen LogP contribution in [0.5, 0.6) is 0 Å². The predicted molar refractivity (Wildman–Crippen MR) is 120 cm³/mol. The summed E-state index contributed by atoms with van der Waals surface area (Å²) >= 11 is 0. The number of fused-ring (bicyclic) bond motifs is 1. The Bertz CT molecular complexity index is 832. The minimum atomic E-state index is -0.990. The minimum absolute atomic E-state index is 0.0378. The van der Waals surface area contributed by atoms with E-state index in [1.54, 1.807) is 4.90 Å². The maximum atomic E-state index is 12.9. The third kappa shape index (κ3) is 5.12. The molecule has 1 saturated heterocycles. The molecule has 0 aromatic heterocycles. The average molecular weight is 428 g/mol. The molecule has 1 saturated carbocycles. The molecule has 4 atom stereocenters. The molecule has 3 N–H and O–H groups in total. The van der Waals surface area contributed by atoms with E-state index in [0.29, 0.717) is 31.3 Å². The van der Waals surface area contributed by atoms with Crippen LogP contribution in [0.15, 0.2) is 18.2 Å². The first kappa shape index (κ1) is 22.3. The fourth-order valence-electron chi connectivity index (χ4n) is 5.35. The van der Waals surface area contributed by atoms with Crippen molar-refractivity contribution in [1.82, 2.24) is 15.5 Å². The molecule has 0 bridgehead atoms. The third-order valence-electron chi connectivity index (χ3n) is 7.04. The molecule has 0 radical (unpaired) electrons. The van der Waals surface area contributed by atoms with Gasteiger partial charge >= 0.3 is 0 Å². The van der Waals surface area contributed by atoms with Crippen molar-refractivity contribution in [1.29, 1.82) is 0 Å². The quantitative estimate of drug-likeness (QED) is 0.675. The smallest absolute Gasteiger partial charge is 0.254 e. The van der Waals surface area contributed by atoms with Crippen LogP contribution in [0.3, 0.4) is 0 Å². The van der Waals surface area contributed by atoms with Crippen LogP contribution in [0.25, 0.3) is 0 Å². The van der Waals surface area contributed by atoms with Gasteiger partial charge in [0.25, 0.3) is 5.91 Å². The molecule has 6 heteroatoms. The number of amides is 2. The molecule has 6 nitrogen and oxygen atoms in total. The first-order chi connectivity index (χ1) is 14.7. The summed E-state index contributed by atoms with van der Waals surface area (Å²) in [4.78, 5) is 26.2. The zero-order valence-electron chi connectivity index (χ0n) is 19.1. The van der Waals surface area contributed by atoms with Gasteiger partial charge in [0.1, 0.15) is 6.23 Å². The monoisotopic (exact) mass is 427 g/mol. The Kier molecular flexibility index (Phi) is 6.40. The van der Waals surface area contributed by atoms with Gasteiger partial charge < -0.3 is 20.6 Å². The molecule has 3 aliphatic rings. The van der Waals surface area contributed by atoms with Gasteiger partial charge in [-0.05, 0) is 54.2 Å². The van der Waals surface area contributed by atoms with Gasteiger partial charge in [-0.15, -0.1) is 0 Å². The Morgan fingerprint density at radius 3 is 2.68 bits per heavy atom. The fraction of sp³-hybridized carbons (Fsp3) is 0.680. The number of benzene rings is 1. The van der Waals surface area contributed by atoms with E-state index in [2.05, 4.69) is 43.5 Å². The van der Waals surface area contributed by atoms with Crippen LogP contribution in [0, 0.1) is 11.3 Å². The van der Waals surface area contributed by atoms with Crippen LogP contribution in [0.4, 0.5) is 0 Å². The molecule has 170 valence electrons. The van der Waals surface area contributed by atoms with Gasteiger partial charge in [0.2, 0.25) is 5.91 Å². The molecule has 2 fully saturated rings. The van der Waals surface area contributed by atoms with Gasteiger partial charge in [-0.2, -0.15) is 0 Å². The van der Waals surface area contributed by atoms with Gasteiger partial charge in [0.05, 0.1) is 6.04 Å². The SMILES string of the molecule is CC(C)(C)CN[C@H]1CCCC[C@@H]1Cc1ccc2c(c1)CN(C1CCC(=O)NC1O)C2=O. The van der Waals surface area contributed by atoms with Crippen LogP contribution in [-0.2, 0) is 17.8 Å². The van der Waals surface area contributed by atoms with Crippen LogP contribution >= 0.6 is 0 Å². The molecule has 2 amide bonds. The van der Waals surface area contributed by atoms with Crippen molar-refractivity contribution >= 4 is 11.8 Å². The van der Waals surface area contributed by atoms with E-state index in [9.17, 15) is 14.7 Å². The Morgan fingerprint density at radius 2 is 1.94 bits per heavy atom. The highest BCUT2D eigenvalue weighted by atomic mass is 16.3. The van der Waals surface area contributed by atoms with Crippen molar-refractivity contribution in [3.8, 4) is 0 Å². The summed E-state index contributed by atoms with van der Waals surface area (Å²) in [7, 11) is 0. The maximum absolute atomic E-state index is 12.9. The molecule has 1 aromatic rings. The summed E-state index contributed by atoms with van der Waals surface area (Å²) in [5, 5.41) is 16.7.